The van der Waals surface area contributed by atoms with E-state index in [9.17, 15) is 5.11 Å². The minimum atomic E-state index is -0.344. The minimum absolute atomic E-state index is 0.161. The molecule has 0 bridgehead atoms. The average molecular weight is 263 g/mol. The number of aromatic nitrogens is 1. The van der Waals surface area contributed by atoms with Gasteiger partial charge < -0.3 is 9.84 Å². The standard InChI is InChI=1S/C14H17NO2S/c1-9-10(6-7-17-9)12(16)8-14-15-11-4-2-3-5-13(11)18-14/h2-5,9-10,12,16H,6-8H2,1H3. The third kappa shape index (κ3) is 2.28. The van der Waals surface area contributed by atoms with Crippen molar-refractivity contribution in [1.29, 1.82) is 0 Å². The highest BCUT2D eigenvalue weighted by atomic mass is 32.1. The number of para-hydroxylation sites is 1. The van der Waals surface area contributed by atoms with Crippen molar-refractivity contribution in [2.45, 2.75) is 32.0 Å². The normalized spacial score (nSPS) is 25.7. The summed E-state index contributed by atoms with van der Waals surface area (Å²) in [6.07, 6.45) is 1.41. The zero-order valence-corrected chi connectivity index (χ0v) is 11.2. The second-order valence-electron chi connectivity index (χ2n) is 4.88. The molecule has 0 aliphatic carbocycles. The van der Waals surface area contributed by atoms with Gasteiger partial charge in [0.2, 0.25) is 0 Å². The second kappa shape index (κ2) is 4.96. The topological polar surface area (TPSA) is 42.4 Å². The van der Waals surface area contributed by atoms with E-state index in [-0.39, 0.29) is 18.1 Å². The van der Waals surface area contributed by atoms with Crippen LogP contribution in [0.5, 0.6) is 0 Å². The molecule has 18 heavy (non-hydrogen) atoms. The molecule has 4 heteroatoms. The van der Waals surface area contributed by atoms with Gasteiger partial charge in [-0.25, -0.2) is 4.98 Å². The van der Waals surface area contributed by atoms with E-state index in [2.05, 4.69) is 11.1 Å². The lowest BCUT2D eigenvalue weighted by molar-refractivity contribution is 0.0441. The van der Waals surface area contributed by atoms with Crippen molar-refractivity contribution in [3.05, 3.63) is 29.3 Å². The van der Waals surface area contributed by atoms with E-state index in [1.54, 1.807) is 11.3 Å². The van der Waals surface area contributed by atoms with E-state index in [1.807, 2.05) is 25.1 Å². The number of benzene rings is 1. The van der Waals surface area contributed by atoms with Crippen molar-refractivity contribution in [1.82, 2.24) is 4.98 Å². The summed E-state index contributed by atoms with van der Waals surface area (Å²) in [5.74, 6) is 0.247. The van der Waals surface area contributed by atoms with Gasteiger partial charge in [-0.15, -0.1) is 11.3 Å². The molecule has 3 atom stereocenters. The fourth-order valence-electron chi connectivity index (χ4n) is 2.59. The van der Waals surface area contributed by atoms with Crippen molar-refractivity contribution < 1.29 is 9.84 Å². The SMILES string of the molecule is CC1OCCC1C(O)Cc1nc2ccccc2s1. The van der Waals surface area contributed by atoms with Crippen molar-refractivity contribution in [3.63, 3.8) is 0 Å². The van der Waals surface area contributed by atoms with Crippen LogP contribution in [0.2, 0.25) is 0 Å². The summed E-state index contributed by atoms with van der Waals surface area (Å²) < 4.78 is 6.70. The first kappa shape index (κ1) is 12.1. The van der Waals surface area contributed by atoms with Crippen LogP contribution in [0.25, 0.3) is 10.2 Å². The first-order valence-corrected chi connectivity index (χ1v) is 7.20. The van der Waals surface area contributed by atoms with E-state index < -0.39 is 0 Å². The average Bonchev–Trinajstić information content (AvgIpc) is 2.94. The molecule has 3 unspecified atom stereocenters. The Hall–Kier alpha value is -0.970. The first-order chi connectivity index (χ1) is 8.74. The molecule has 3 rings (SSSR count). The summed E-state index contributed by atoms with van der Waals surface area (Å²) in [5, 5.41) is 11.3. The van der Waals surface area contributed by atoms with Crippen molar-refractivity contribution in [2.75, 3.05) is 6.61 Å². The van der Waals surface area contributed by atoms with Crippen LogP contribution >= 0.6 is 11.3 Å². The van der Waals surface area contributed by atoms with Gasteiger partial charge in [0.05, 0.1) is 27.4 Å². The Labute approximate surface area is 110 Å². The third-order valence-electron chi connectivity index (χ3n) is 3.65. The summed E-state index contributed by atoms with van der Waals surface area (Å²) >= 11 is 1.67. The van der Waals surface area contributed by atoms with Gasteiger partial charge in [-0.3, -0.25) is 0 Å². The van der Waals surface area contributed by atoms with Gasteiger partial charge in [0, 0.05) is 18.9 Å². The molecule has 2 aromatic rings. The van der Waals surface area contributed by atoms with Gasteiger partial charge in [-0.2, -0.15) is 0 Å². The molecule has 1 aromatic carbocycles. The number of ether oxygens (including phenoxy) is 1. The Bertz CT molecular complexity index is 506. The number of nitrogens with zero attached hydrogens (tertiary/aromatic N) is 1. The van der Waals surface area contributed by atoms with E-state index in [4.69, 9.17) is 4.74 Å². The Balaban J connectivity index is 1.75. The van der Waals surface area contributed by atoms with Gasteiger partial charge in [-0.1, -0.05) is 12.1 Å². The van der Waals surface area contributed by atoms with Crippen LogP contribution in [0.3, 0.4) is 0 Å². The lowest BCUT2D eigenvalue weighted by atomic mass is 9.94. The molecular weight excluding hydrogens is 246 g/mol. The Morgan fingerprint density at radius 2 is 2.33 bits per heavy atom. The van der Waals surface area contributed by atoms with Gasteiger partial charge in [0.15, 0.2) is 0 Å². The number of hydrogen-bond donors (Lipinski definition) is 1. The highest BCUT2D eigenvalue weighted by Crippen LogP contribution is 2.28. The molecule has 1 aliphatic heterocycles. The molecule has 96 valence electrons. The van der Waals surface area contributed by atoms with E-state index in [1.165, 1.54) is 4.70 Å². The molecule has 1 aromatic heterocycles. The highest BCUT2D eigenvalue weighted by Gasteiger charge is 2.31. The smallest absolute Gasteiger partial charge is 0.0964 e. The van der Waals surface area contributed by atoms with Crippen LogP contribution in [0.1, 0.15) is 18.4 Å². The van der Waals surface area contributed by atoms with E-state index in [0.29, 0.717) is 6.42 Å². The predicted octanol–water partition coefficient (Wildman–Crippen LogP) is 2.62. The first-order valence-electron chi connectivity index (χ1n) is 6.38. The molecule has 1 saturated heterocycles. The maximum absolute atomic E-state index is 10.3. The molecule has 0 radical (unpaired) electrons. The van der Waals surface area contributed by atoms with Crippen LogP contribution in [-0.2, 0) is 11.2 Å². The van der Waals surface area contributed by atoms with Gasteiger partial charge in [-0.05, 0) is 25.5 Å². The number of aliphatic hydroxyl groups is 1. The van der Waals surface area contributed by atoms with Crippen molar-refractivity contribution in [2.24, 2.45) is 5.92 Å². The van der Waals surface area contributed by atoms with Gasteiger partial charge in [0.25, 0.3) is 0 Å². The zero-order chi connectivity index (χ0) is 12.5. The molecule has 1 fully saturated rings. The zero-order valence-electron chi connectivity index (χ0n) is 10.4. The molecule has 0 saturated carbocycles. The van der Waals surface area contributed by atoms with Crippen LogP contribution < -0.4 is 0 Å². The van der Waals surface area contributed by atoms with Crippen LogP contribution in [0, 0.1) is 5.92 Å². The monoisotopic (exact) mass is 263 g/mol. The number of aliphatic hydroxyl groups excluding tert-OH is 1. The number of rotatable bonds is 3. The van der Waals surface area contributed by atoms with Crippen molar-refractivity contribution in [3.8, 4) is 0 Å². The quantitative estimate of drug-likeness (QED) is 0.925. The molecule has 0 spiro atoms. The summed E-state index contributed by atoms with van der Waals surface area (Å²) in [5.41, 5.74) is 1.03. The van der Waals surface area contributed by atoms with Crippen LogP contribution in [-0.4, -0.2) is 28.9 Å². The van der Waals surface area contributed by atoms with Crippen LogP contribution in [0.4, 0.5) is 0 Å². The summed E-state index contributed by atoms with van der Waals surface area (Å²) in [6, 6.07) is 8.11. The Morgan fingerprint density at radius 1 is 1.50 bits per heavy atom. The molecule has 0 amide bonds. The lowest BCUT2D eigenvalue weighted by Crippen LogP contribution is -2.28. The van der Waals surface area contributed by atoms with Gasteiger partial charge >= 0.3 is 0 Å². The number of fused-ring (bicyclic) bond motifs is 1. The Morgan fingerprint density at radius 3 is 3.06 bits per heavy atom. The predicted molar refractivity (Wildman–Crippen MR) is 72.9 cm³/mol. The molecule has 2 heterocycles. The van der Waals surface area contributed by atoms with Gasteiger partial charge in [0.1, 0.15) is 0 Å². The molecule has 1 aliphatic rings. The fourth-order valence-corrected chi connectivity index (χ4v) is 3.61. The van der Waals surface area contributed by atoms with Crippen LogP contribution in [0.15, 0.2) is 24.3 Å². The fraction of sp³-hybridized carbons (Fsp3) is 0.500. The molecular formula is C14H17NO2S. The lowest BCUT2D eigenvalue weighted by Gasteiger charge is -2.19. The largest absolute Gasteiger partial charge is 0.392 e. The third-order valence-corrected chi connectivity index (χ3v) is 4.71. The summed E-state index contributed by atoms with van der Waals surface area (Å²) in [4.78, 5) is 4.57. The Kier molecular flexibility index (Phi) is 3.33. The maximum Gasteiger partial charge on any atom is 0.0964 e. The molecule has 1 N–H and O–H groups in total. The number of hydrogen-bond acceptors (Lipinski definition) is 4. The maximum atomic E-state index is 10.3. The molecule has 3 nitrogen and oxygen atoms in total. The van der Waals surface area contributed by atoms with E-state index >= 15 is 0 Å². The second-order valence-corrected chi connectivity index (χ2v) is 5.99. The summed E-state index contributed by atoms with van der Waals surface area (Å²) in [7, 11) is 0. The summed E-state index contributed by atoms with van der Waals surface area (Å²) in [6.45, 7) is 2.81. The van der Waals surface area contributed by atoms with E-state index in [0.717, 1.165) is 23.6 Å². The number of thiazole rings is 1. The minimum Gasteiger partial charge on any atom is -0.392 e. The van der Waals surface area contributed by atoms with Crippen molar-refractivity contribution >= 4 is 21.6 Å². The highest BCUT2D eigenvalue weighted by molar-refractivity contribution is 7.18.